The summed E-state index contributed by atoms with van der Waals surface area (Å²) in [6.45, 7) is 3.67. The second-order valence-electron chi connectivity index (χ2n) is 3.96. The number of hydrogen-bond donors (Lipinski definition) is 0. The summed E-state index contributed by atoms with van der Waals surface area (Å²) in [7, 11) is 1.72. The molecule has 0 saturated carbocycles. The summed E-state index contributed by atoms with van der Waals surface area (Å²) in [5.74, 6) is 1.47. The zero-order valence-electron chi connectivity index (χ0n) is 9.91. The Labute approximate surface area is 106 Å². The van der Waals surface area contributed by atoms with Gasteiger partial charge in [-0.25, -0.2) is 0 Å². The molecule has 90 valence electrons. The lowest BCUT2D eigenvalue weighted by molar-refractivity contribution is 0.202. The highest BCUT2D eigenvalue weighted by Gasteiger charge is 2.01. The monoisotopic (exact) mass is 286 g/mol. The predicted molar refractivity (Wildman–Crippen MR) is 70.5 cm³/mol. The van der Waals surface area contributed by atoms with E-state index in [1.807, 2.05) is 12.1 Å². The second kappa shape index (κ2) is 7.69. The summed E-state index contributed by atoms with van der Waals surface area (Å²) >= 11 is 3.43. The van der Waals surface area contributed by atoms with Gasteiger partial charge in [-0.1, -0.05) is 35.0 Å². The van der Waals surface area contributed by atoms with Gasteiger partial charge in [0.25, 0.3) is 0 Å². The minimum atomic E-state index is 0.535. The molecule has 3 heteroatoms. The van der Waals surface area contributed by atoms with E-state index >= 15 is 0 Å². The number of hydrogen-bond acceptors (Lipinski definition) is 2. The zero-order chi connectivity index (χ0) is 11.8. The third-order valence-corrected chi connectivity index (χ3v) is 3.42. The van der Waals surface area contributed by atoms with Crippen LogP contribution in [0.15, 0.2) is 24.3 Å². The topological polar surface area (TPSA) is 18.5 Å². The van der Waals surface area contributed by atoms with Gasteiger partial charge in [0.15, 0.2) is 0 Å². The van der Waals surface area contributed by atoms with E-state index in [4.69, 9.17) is 9.47 Å². The largest absolute Gasteiger partial charge is 0.493 e. The minimum Gasteiger partial charge on any atom is -0.493 e. The van der Waals surface area contributed by atoms with E-state index in [0.29, 0.717) is 5.92 Å². The summed E-state index contributed by atoms with van der Waals surface area (Å²) in [5.41, 5.74) is 1.28. The molecule has 0 bridgehead atoms. The van der Waals surface area contributed by atoms with Gasteiger partial charge < -0.3 is 9.47 Å². The van der Waals surface area contributed by atoms with Crippen LogP contribution in [0.2, 0.25) is 0 Å². The van der Waals surface area contributed by atoms with Crippen LogP contribution in [0.25, 0.3) is 0 Å². The van der Waals surface area contributed by atoms with E-state index in [-0.39, 0.29) is 0 Å². The van der Waals surface area contributed by atoms with Gasteiger partial charge in [-0.3, -0.25) is 0 Å². The van der Waals surface area contributed by atoms with Crippen molar-refractivity contribution in [3.05, 3.63) is 29.8 Å². The number of rotatable bonds is 7. The average molecular weight is 287 g/mol. The molecule has 0 N–H and O–H groups in total. The number of halogens is 1. The zero-order valence-corrected chi connectivity index (χ0v) is 11.5. The fourth-order valence-corrected chi connectivity index (χ4v) is 1.44. The number of ether oxygens (including phenoxy) is 2. The molecule has 0 aliphatic rings. The van der Waals surface area contributed by atoms with Crippen molar-refractivity contribution in [2.24, 2.45) is 5.92 Å². The summed E-state index contributed by atoms with van der Waals surface area (Å²) in [6.07, 6.45) is 0.953. The number of alkyl halides is 1. The van der Waals surface area contributed by atoms with Gasteiger partial charge in [0, 0.05) is 12.4 Å². The maximum absolute atomic E-state index is 5.66. The van der Waals surface area contributed by atoms with Gasteiger partial charge >= 0.3 is 0 Å². The Morgan fingerprint density at radius 1 is 1.25 bits per heavy atom. The lowest BCUT2D eigenvalue weighted by Crippen LogP contribution is -2.09. The molecule has 1 unspecified atom stereocenters. The van der Waals surface area contributed by atoms with Gasteiger partial charge in [-0.05, 0) is 30.0 Å². The Bertz CT molecular complexity index is 284. The Hall–Kier alpha value is -0.540. The molecule has 0 fully saturated rings. The third kappa shape index (κ3) is 4.99. The molecule has 0 radical (unpaired) electrons. The SMILES string of the molecule is COCCc1ccc(OCC(C)CBr)cc1. The molecule has 1 atom stereocenters. The molecule has 2 nitrogen and oxygen atoms in total. The van der Waals surface area contributed by atoms with Crippen molar-refractivity contribution in [3.8, 4) is 5.75 Å². The van der Waals surface area contributed by atoms with Crippen molar-refractivity contribution < 1.29 is 9.47 Å². The fourth-order valence-electron chi connectivity index (χ4n) is 1.26. The molecule has 0 aliphatic heterocycles. The normalized spacial score (nSPS) is 12.4. The predicted octanol–water partition coefficient (Wildman–Crippen LogP) is 3.29. The highest BCUT2D eigenvalue weighted by molar-refractivity contribution is 9.09. The molecule has 0 aliphatic carbocycles. The minimum absolute atomic E-state index is 0.535. The van der Waals surface area contributed by atoms with E-state index in [1.165, 1.54) is 5.56 Å². The smallest absolute Gasteiger partial charge is 0.119 e. The van der Waals surface area contributed by atoms with Crippen LogP contribution in [-0.4, -0.2) is 25.7 Å². The molecule has 0 amide bonds. The molecular weight excluding hydrogens is 268 g/mol. The van der Waals surface area contributed by atoms with Gasteiger partial charge in [-0.15, -0.1) is 0 Å². The van der Waals surface area contributed by atoms with Gasteiger partial charge in [-0.2, -0.15) is 0 Å². The second-order valence-corrected chi connectivity index (χ2v) is 4.60. The van der Waals surface area contributed by atoms with Crippen LogP contribution in [0.4, 0.5) is 0 Å². The van der Waals surface area contributed by atoms with Crippen molar-refractivity contribution in [3.63, 3.8) is 0 Å². The molecule has 0 saturated heterocycles. The maximum Gasteiger partial charge on any atom is 0.119 e. The lowest BCUT2D eigenvalue weighted by Gasteiger charge is -2.10. The van der Waals surface area contributed by atoms with Crippen LogP contribution < -0.4 is 4.74 Å². The summed E-state index contributed by atoms with van der Waals surface area (Å²) < 4.78 is 10.7. The van der Waals surface area contributed by atoms with E-state index < -0.39 is 0 Å². The van der Waals surface area contributed by atoms with E-state index in [9.17, 15) is 0 Å². The van der Waals surface area contributed by atoms with Crippen molar-refractivity contribution in [1.82, 2.24) is 0 Å². The molecular formula is C13H19BrO2. The van der Waals surface area contributed by atoms with E-state index in [2.05, 4.69) is 35.0 Å². The van der Waals surface area contributed by atoms with Crippen molar-refractivity contribution in [2.75, 3.05) is 25.7 Å². The molecule has 1 rings (SSSR count). The van der Waals surface area contributed by atoms with Crippen LogP contribution >= 0.6 is 15.9 Å². The van der Waals surface area contributed by atoms with E-state index in [1.54, 1.807) is 7.11 Å². The van der Waals surface area contributed by atoms with Gasteiger partial charge in [0.1, 0.15) is 5.75 Å². The van der Waals surface area contributed by atoms with Gasteiger partial charge in [0.2, 0.25) is 0 Å². The van der Waals surface area contributed by atoms with Crippen LogP contribution in [0.5, 0.6) is 5.75 Å². The summed E-state index contributed by atoms with van der Waals surface area (Å²) in [6, 6.07) is 8.22. The Morgan fingerprint density at radius 3 is 2.50 bits per heavy atom. The highest BCUT2D eigenvalue weighted by atomic mass is 79.9. The standard InChI is InChI=1S/C13H19BrO2/c1-11(9-14)10-16-13-5-3-12(4-6-13)7-8-15-2/h3-6,11H,7-10H2,1-2H3. The Kier molecular flexibility index (Phi) is 6.50. The molecule has 0 spiro atoms. The van der Waals surface area contributed by atoms with Crippen LogP contribution in [-0.2, 0) is 11.2 Å². The van der Waals surface area contributed by atoms with E-state index in [0.717, 1.165) is 30.7 Å². The summed E-state index contributed by atoms with van der Waals surface area (Å²) in [4.78, 5) is 0. The first-order chi connectivity index (χ1) is 7.76. The Morgan fingerprint density at radius 2 is 1.94 bits per heavy atom. The van der Waals surface area contributed by atoms with Crippen LogP contribution in [0.1, 0.15) is 12.5 Å². The molecule has 1 aromatic rings. The van der Waals surface area contributed by atoms with Crippen LogP contribution in [0.3, 0.4) is 0 Å². The third-order valence-electron chi connectivity index (χ3n) is 2.32. The quantitative estimate of drug-likeness (QED) is 0.716. The molecule has 1 aromatic carbocycles. The maximum atomic E-state index is 5.66. The number of methoxy groups -OCH3 is 1. The first-order valence-corrected chi connectivity index (χ1v) is 6.65. The average Bonchev–Trinajstić information content (AvgIpc) is 2.34. The lowest BCUT2D eigenvalue weighted by atomic mass is 10.1. The molecule has 0 heterocycles. The first-order valence-electron chi connectivity index (χ1n) is 5.53. The van der Waals surface area contributed by atoms with Crippen molar-refractivity contribution in [1.29, 1.82) is 0 Å². The fraction of sp³-hybridized carbons (Fsp3) is 0.538. The van der Waals surface area contributed by atoms with Gasteiger partial charge in [0.05, 0.1) is 13.2 Å². The molecule has 0 aromatic heterocycles. The summed E-state index contributed by atoms with van der Waals surface area (Å²) in [5, 5.41) is 0.971. The number of benzene rings is 1. The first kappa shape index (κ1) is 13.5. The van der Waals surface area contributed by atoms with Crippen molar-refractivity contribution >= 4 is 15.9 Å². The molecule has 16 heavy (non-hydrogen) atoms. The Balaban J connectivity index is 2.38. The van der Waals surface area contributed by atoms with Crippen molar-refractivity contribution in [2.45, 2.75) is 13.3 Å². The van der Waals surface area contributed by atoms with Crippen LogP contribution in [0, 0.1) is 5.92 Å². The highest BCUT2D eigenvalue weighted by Crippen LogP contribution is 2.14.